The second-order valence-corrected chi connectivity index (χ2v) is 5.11. The molecule has 0 aromatic carbocycles. The number of anilines is 1. The van der Waals surface area contributed by atoms with Crippen molar-refractivity contribution in [1.29, 1.82) is 0 Å². The van der Waals surface area contributed by atoms with Gasteiger partial charge in [0.25, 0.3) is 0 Å². The molecule has 5 heteroatoms. The van der Waals surface area contributed by atoms with E-state index in [9.17, 15) is 0 Å². The number of nitrogens with zero attached hydrogens (tertiary/aromatic N) is 3. The number of aromatic nitrogens is 2. The monoisotopic (exact) mass is 252 g/mol. The highest BCUT2D eigenvalue weighted by molar-refractivity contribution is 5.23. The Morgan fingerprint density at radius 2 is 2.44 bits per heavy atom. The number of ether oxygens (including phenoxy) is 1. The summed E-state index contributed by atoms with van der Waals surface area (Å²) in [4.78, 5) is 2.35. The van der Waals surface area contributed by atoms with E-state index in [1.165, 1.54) is 19.3 Å². The molecule has 0 spiro atoms. The molecule has 5 nitrogen and oxygen atoms in total. The summed E-state index contributed by atoms with van der Waals surface area (Å²) in [6.45, 7) is 3.97. The maximum absolute atomic E-state index is 5.74. The number of hydrogen-bond donors (Lipinski definition) is 1. The van der Waals surface area contributed by atoms with E-state index < -0.39 is 0 Å². The highest BCUT2D eigenvalue weighted by atomic mass is 16.5. The minimum atomic E-state index is 0.434. The van der Waals surface area contributed by atoms with Crippen LogP contribution in [0.2, 0.25) is 0 Å². The van der Waals surface area contributed by atoms with Crippen LogP contribution >= 0.6 is 0 Å². The van der Waals surface area contributed by atoms with Crippen molar-refractivity contribution in [2.24, 2.45) is 0 Å². The second-order valence-electron chi connectivity index (χ2n) is 5.11. The molecule has 0 saturated carbocycles. The Kier molecular flexibility index (Phi) is 5.01. The van der Waals surface area contributed by atoms with Crippen LogP contribution in [-0.2, 0) is 11.3 Å². The first-order valence-electron chi connectivity index (χ1n) is 6.83. The van der Waals surface area contributed by atoms with Gasteiger partial charge in [-0.1, -0.05) is 0 Å². The summed E-state index contributed by atoms with van der Waals surface area (Å²) in [5.74, 6) is 0.596. The van der Waals surface area contributed by atoms with Gasteiger partial charge in [0.1, 0.15) is 5.82 Å². The van der Waals surface area contributed by atoms with Gasteiger partial charge in [-0.3, -0.25) is 4.68 Å². The van der Waals surface area contributed by atoms with Crippen LogP contribution in [0.3, 0.4) is 0 Å². The molecule has 102 valence electrons. The van der Waals surface area contributed by atoms with Crippen LogP contribution in [-0.4, -0.2) is 47.5 Å². The van der Waals surface area contributed by atoms with Gasteiger partial charge in [0.05, 0.1) is 6.10 Å². The molecule has 2 rings (SSSR count). The van der Waals surface area contributed by atoms with Crippen molar-refractivity contribution < 1.29 is 4.74 Å². The Balaban J connectivity index is 1.60. The zero-order valence-electron chi connectivity index (χ0n) is 11.2. The van der Waals surface area contributed by atoms with E-state index in [0.717, 1.165) is 32.7 Å². The minimum Gasteiger partial charge on any atom is -0.382 e. The minimum absolute atomic E-state index is 0.434. The fourth-order valence-electron chi connectivity index (χ4n) is 2.39. The van der Waals surface area contributed by atoms with Gasteiger partial charge in [-0.2, -0.15) is 5.10 Å². The van der Waals surface area contributed by atoms with Crippen LogP contribution < -0.4 is 5.73 Å². The summed E-state index contributed by atoms with van der Waals surface area (Å²) in [5.41, 5.74) is 5.57. The first-order chi connectivity index (χ1) is 8.74. The molecule has 0 bridgehead atoms. The van der Waals surface area contributed by atoms with E-state index in [1.807, 2.05) is 16.9 Å². The van der Waals surface area contributed by atoms with Crippen molar-refractivity contribution in [1.82, 2.24) is 14.7 Å². The zero-order valence-corrected chi connectivity index (χ0v) is 11.2. The molecule has 0 amide bonds. The van der Waals surface area contributed by atoms with Gasteiger partial charge >= 0.3 is 0 Å². The molecule has 2 heterocycles. The molecule has 1 unspecified atom stereocenters. The van der Waals surface area contributed by atoms with E-state index >= 15 is 0 Å². The number of likely N-dealkylation sites (N-methyl/N-ethyl adjacent to an activating group) is 1. The van der Waals surface area contributed by atoms with E-state index in [1.54, 1.807) is 0 Å². The van der Waals surface area contributed by atoms with Gasteiger partial charge < -0.3 is 15.4 Å². The lowest BCUT2D eigenvalue weighted by Crippen LogP contribution is -2.34. The van der Waals surface area contributed by atoms with E-state index in [-0.39, 0.29) is 0 Å². The van der Waals surface area contributed by atoms with Crippen LogP contribution in [0.15, 0.2) is 12.3 Å². The smallest absolute Gasteiger partial charge is 0.145 e. The van der Waals surface area contributed by atoms with Crippen molar-refractivity contribution in [2.75, 3.05) is 32.5 Å². The number of rotatable bonds is 6. The van der Waals surface area contributed by atoms with Crippen molar-refractivity contribution >= 4 is 5.82 Å². The molecule has 0 aliphatic carbocycles. The lowest BCUT2D eigenvalue weighted by atomic mass is 10.1. The second kappa shape index (κ2) is 6.75. The maximum Gasteiger partial charge on any atom is 0.145 e. The van der Waals surface area contributed by atoms with Gasteiger partial charge in [0.2, 0.25) is 0 Å². The average molecular weight is 252 g/mol. The van der Waals surface area contributed by atoms with Crippen LogP contribution in [0.4, 0.5) is 5.82 Å². The van der Waals surface area contributed by atoms with Gasteiger partial charge in [-0.25, -0.2) is 0 Å². The van der Waals surface area contributed by atoms with Crippen LogP contribution in [0.1, 0.15) is 25.7 Å². The molecule has 2 N–H and O–H groups in total. The molecular formula is C13H24N4O. The molecule has 0 radical (unpaired) electrons. The van der Waals surface area contributed by atoms with Crippen molar-refractivity contribution in [3.63, 3.8) is 0 Å². The topological polar surface area (TPSA) is 56.3 Å². The molecule has 1 fully saturated rings. The Bertz CT molecular complexity index is 347. The van der Waals surface area contributed by atoms with E-state index in [2.05, 4.69) is 17.0 Å². The molecule has 18 heavy (non-hydrogen) atoms. The molecule has 1 aromatic rings. The van der Waals surface area contributed by atoms with Crippen LogP contribution in [0, 0.1) is 0 Å². The van der Waals surface area contributed by atoms with Crippen molar-refractivity contribution in [3.05, 3.63) is 12.3 Å². The van der Waals surface area contributed by atoms with E-state index in [4.69, 9.17) is 10.5 Å². The first kappa shape index (κ1) is 13.4. The number of aryl methyl sites for hydroxylation is 1. The van der Waals surface area contributed by atoms with Gasteiger partial charge in [0.15, 0.2) is 0 Å². The lowest BCUT2D eigenvalue weighted by molar-refractivity contribution is -0.00168. The summed E-state index contributed by atoms with van der Waals surface area (Å²) < 4.78 is 7.64. The van der Waals surface area contributed by atoms with Gasteiger partial charge in [0, 0.05) is 25.9 Å². The Labute approximate surface area is 109 Å². The van der Waals surface area contributed by atoms with Crippen molar-refractivity contribution in [2.45, 2.75) is 38.3 Å². The number of hydrogen-bond acceptors (Lipinski definition) is 4. The summed E-state index contributed by atoms with van der Waals surface area (Å²) in [6, 6.07) is 1.83. The highest BCUT2D eigenvalue weighted by Crippen LogP contribution is 2.13. The third-order valence-electron chi connectivity index (χ3n) is 3.38. The molecule has 1 atom stereocenters. The fraction of sp³-hybridized carbons (Fsp3) is 0.769. The molecule has 1 aromatic heterocycles. The van der Waals surface area contributed by atoms with Crippen molar-refractivity contribution in [3.8, 4) is 0 Å². The molecule has 1 saturated heterocycles. The molecule has 1 aliphatic rings. The Hall–Kier alpha value is -1.07. The third kappa shape index (κ3) is 4.31. The average Bonchev–Trinajstić information content (AvgIpc) is 2.76. The third-order valence-corrected chi connectivity index (χ3v) is 3.38. The van der Waals surface area contributed by atoms with Gasteiger partial charge in [-0.05, 0) is 45.3 Å². The Morgan fingerprint density at radius 3 is 3.11 bits per heavy atom. The number of nitrogens with two attached hydrogens (primary N) is 1. The largest absolute Gasteiger partial charge is 0.382 e. The lowest BCUT2D eigenvalue weighted by Gasteiger charge is -2.27. The summed E-state index contributed by atoms with van der Waals surface area (Å²) >= 11 is 0. The van der Waals surface area contributed by atoms with Crippen LogP contribution in [0.25, 0.3) is 0 Å². The summed E-state index contributed by atoms with van der Waals surface area (Å²) in [6.07, 6.45) is 7.19. The zero-order chi connectivity index (χ0) is 12.8. The standard InChI is InChI=1S/C13H24N4O/c1-16(11-12-5-2-3-10-18-12)7-4-8-17-9-6-13(14)15-17/h6,9,12H,2-5,7-8,10-11H2,1H3,(H2,14,15). The maximum atomic E-state index is 5.74. The summed E-state index contributed by atoms with van der Waals surface area (Å²) in [5, 5.41) is 4.17. The van der Waals surface area contributed by atoms with Crippen LogP contribution in [0.5, 0.6) is 0 Å². The number of nitrogen functional groups attached to an aromatic ring is 1. The SMILES string of the molecule is CN(CCCn1ccc(N)n1)CC1CCCCO1. The molecule has 1 aliphatic heterocycles. The normalized spacial score (nSPS) is 20.4. The summed E-state index contributed by atoms with van der Waals surface area (Å²) in [7, 11) is 2.16. The quantitative estimate of drug-likeness (QED) is 0.830. The molecular weight excluding hydrogens is 228 g/mol. The predicted octanol–water partition coefficient (Wildman–Crippen LogP) is 1.36. The van der Waals surface area contributed by atoms with E-state index in [0.29, 0.717) is 11.9 Å². The van der Waals surface area contributed by atoms with Gasteiger partial charge in [-0.15, -0.1) is 0 Å². The first-order valence-corrected chi connectivity index (χ1v) is 6.83. The predicted molar refractivity (Wildman–Crippen MR) is 72.3 cm³/mol. The Morgan fingerprint density at radius 1 is 1.56 bits per heavy atom. The fourth-order valence-corrected chi connectivity index (χ4v) is 2.39. The highest BCUT2D eigenvalue weighted by Gasteiger charge is 2.15.